The maximum absolute atomic E-state index is 10.1. The Labute approximate surface area is 114 Å². The molecule has 60 valence electrons. The molecule has 1 unspecified atom stereocenters. The first-order valence-corrected chi connectivity index (χ1v) is 2.72. The summed E-state index contributed by atoms with van der Waals surface area (Å²) in [6.07, 6.45) is 0. The molecular formula is C5H9NNa2O4. The van der Waals surface area contributed by atoms with E-state index in [1.165, 1.54) is 6.92 Å². The summed E-state index contributed by atoms with van der Waals surface area (Å²) >= 11 is 0. The standard InChI is InChI=1S/C5H9NO4.2Na/c1-3(5(9)10)6-2-4(7)8;;/h3,6H,2H2,1H3,(H,7,8)(H,9,10);;. The smallest absolute Gasteiger partial charge is 0.320 e. The van der Waals surface area contributed by atoms with Crippen molar-refractivity contribution in [3.63, 3.8) is 0 Å². The molecule has 0 aromatic heterocycles. The summed E-state index contributed by atoms with van der Waals surface area (Å²) in [6, 6.07) is -0.809. The average Bonchev–Trinajstić information content (AvgIpc) is 1.82. The molecule has 1 atom stereocenters. The number of rotatable bonds is 4. The van der Waals surface area contributed by atoms with E-state index in [1.807, 2.05) is 0 Å². The number of aliphatic carboxylic acids is 2. The summed E-state index contributed by atoms with van der Waals surface area (Å²) in [5.41, 5.74) is 0. The number of carboxylic acids is 2. The van der Waals surface area contributed by atoms with E-state index in [9.17, 15) is 9.59 Å². The molecule has 2 radical (unpaired) electrons. The number of carboxylic acid groups (broad SMARTS) is 2. The Morgan fingerprint density at radius 2 is 1.75 bits per heavy atom. The van der Waals surface area contributed by atoms with E-state index in [0.29, 0.717) is 0 Å². The molecule has 5 nitrogen and oxygen atoms in total. The Bertz CT molecular complexity index is 152. The topological polar surface area (TPSA) is 86.6 Å². The van der Waals surface area contributed by atoms with Crippen molar-refractivity contribution in [2.24, 2.45) is 0 Å². The first kappa shape index (κ1) is 18.6. The van der Waals surface area contributed by atoms with E-state index in [4.69, 9.17) is 10.2 Å². The van der Waals surface area contributed by atoms with Crippen LogP contribution in [0.25, 0.3) is 0 Å². The maximum atomic E-state index is 10.1. The van der Waals surface area contributed by atoms with Crippen molar-refractivity contribution in [2.45, 2.75) is 13.0 Å². The van der Waals surface area contributed by atoms with Crippen molar-refractivity contribution in [1.82, 2.24) is 5.32 Å². The summed E-state index contributed by atoms with van der Waals surface area (Å²) in [7, 11) is 0. The fraction of sp³-hybridized carbons (Fsp3) is 0.600. The largest absolute Gasteiger partial charge is 0.480 e. The van der Waals surface area contributed by atoms with Gasteiger partial charge in [-0.2, -0.15) is 0 Å². The third-order valence-corrected chi connectivity index (χ3v) is 0.930. The Morgan fingerprint density at radius 3 is 2.00 bits per heavy atom. The van der Waals surface area contributed by atoms with Crippen molar-refractivity contribution < 1.29 is 19.8 Å². The monoisotopic (exact) mass is 193 g/mol. The second kappa shape index (κ2) is 9.98. The molecule has 12 heavy (non-hydrogen) atoms. The number of nitrogens with one attached hydrogen (secondary N) is 1. The van der Waals surface area contributed by atoms with Crippen molar-refractivity contribution >= 4 is 71.1 Å². The van der Waals surface area contributed by atoms with E-state index < -0.39 is 18.0 Å². The first-order chi connectivity index (χ1) is 4.54. The van der Waals surface area contributed by atoms with Crippen LogP contribution in [0, 0.1) is 0 Å². The molecule has 0 fully saturated rings. The Hall–Kier alpha value is 0.900. The van der Waals surface area contributed by atoms with Gasteiger partial charge in [0, 0.05) is 59.1 Å². The van der Waals surface area contributed by atoms with Gasteiger partial charge in [0.15, 0.2) is 0 Å². The molecule has 0 saturated carbocycles. The van der Waals surface area contributed by atoms with Gasteiger partial charge in [0.25, 0.3) is 0 Å². The quantitative estimate of drug-likeness (QED) is 0.467. The Balaban J connectivity index is -0.000000405. The number of carbonyl (C=O) groups is 2. The zero-order chi connectivity index (χ0) is 8.15. The predicted octanol–water partition coefficient (Wildman–Crippen LogP) is -1.63. The molecule has 3 N–H and O–H groups in total. The molecule has 0 saturated heterocycles. The van der Waals surface area contributed by atoms with Gasteiger partial charge in [0.1, 0.15) is 6.04 Å². The molecule has 0 rings (SSSR count). The molecular weight excluding hydrogens is 184 g/mol. The van der Waals surface area contributed by atoms with Crippen LogP contribution in [0.2, 0.25) is 0 Å². The summed E-state index contributed by atoms with van der Waals surface area (Å²) < 4.78 is 0. The molecule has 0 bridgehead atoms. The van der Waals surface area contributed by atoms with E-state index in [1.54, 1.807) is 0 Å². The molecule has 0 aromatic rings. The van der Waals surface area contributed by atoms with Crippen molar-refractivity contribution in [2.75, 3.05) is 6.54 Å². The van der Waals surface area contributed by atoms with Gasteiger partial charge in [0.2, 0.25) is 0 Å². The molecule has 0 aliphatic heterocycles. The Morgan fingerprint density at radius 1 is 1.33 bits per heavy atom. The minimum Gasteiger partial charge on any atom is -0.480 e. The predicted molar refractivity (Wildman–Crippen MR) is 44.2 cm³/mol. The summed E-state index contributed by atoms with van der Waals surface area (Å²) in [4.78, 5) is 19.9. The van der Waals surface area contributed by atoms with Crippen LogP contribution < -0.4 is 5.32 Å². The van der Waals surface area contributed by atoms with Crippen LogP contribution in [0.5, 0.6) is 0 Å². The van der Waals surface area contributed by atoms with Crippen LogP contribution in [-0.4, -0.2) is 93.9 Å². The third-order valence-electron chi connectivity index (χ3n) is 0.930. The van der Waals surface area contributed by atoms with Crippen LogP contribution in [0.15, 0.2) is 0 Å². The van der Waals surface area contributed by atoms with Crippen LogP contribution >= 0.6 is 0 Å². The van der Waals surface area contributed by atoms with Gasteiger partial charge in [-0.1, -0.05) is 0 Å². The van der Waals surface area contributed by atoms with Crippen LogP contribution in [0.3, 0.4) is 0 Å². The van der Waals surface area contributed by atoms with Gasteiger partial charge in [-0.15, -0.1) is 0 Å². The van der Waals surface area contributed by atoms with E-state index in [2.05, 4.69) is 5.32 Å². The van der Waals surface area contributed by atoms with E-state index in [-0.39, 0.29) is 65.7 Å². The maximum Gasteiger partial charge on any atom is 0.320 e. The molecule has 0 aliphatic rings. The molecule has 0 aromatic carbocycles. The number of hydrogen-bond donors (Lipinski definition) is 3. The van der Waals surface area contributed by atoms with Crippen molar-refractivity contribution in [1.29, 1.82) is 0 Å². The van der Waals surface area contributed by atoms with E-state index in [0.717, 1.165) is 0 Å². The van der Waals surface area contributed by atoms with Gasteiger partial charge in [0.05, 0.1) is 6.54 Å². The van der Waals surface area contributed by atoms with Gasteiger partial charge in [-0.3, -0.25) is 14.9 Å². The second-order valence-electron chi connectivity index (χ2n) is 1.83. The van der Waals surface area contributed by atoms with Crippen molar-refractivity contribution in [3.05, 3.63) is 0 Å². The zero-order valence-electron chi connectivity index (χ0n) is 7.50. The van der Waals surface area contributed by atoms with Crippen LogP contribution in [0.4, 0.5) is 0 Å². The molecule has 7 heteroatoms. The Kier molecular flexibility index (Phi) is 15.5. The zero-order valence-corrected chi connectivity index (χ0v) is 11.5. The minimum absolute atomic E-state index is 0. The fourth-order valence-corrected chi connectivity index (χ4v) is 0.328. The average molecular weight is 193 g/mol. The molecule has 0 amide bonds. The van der Waals surface area contributed by atoms with Crippen molar-refractivity contribution in [3.8, 4) is 0 Å². The summed E-state index contributed by atoms with van der Waals surface area (Å²) in [5.74, 6) is -2.12. The van der Waals surface area contributed by atoms with Gasteiger partial charge >= 0.3 is 11.9 Å². The number of hydrogen-bond acceptors (Lipinski definition) is 3. The van der Waals surface area contributed by atoms with Crippen LogP contribution in [-0.2, 0) is 9.59 Å². The van der Waals surface area contributed by atoms with Gasteiger partial charge in [-0.25, -0.2) is 0 Å². The molecule has 0 aliphatic carbocycles. The van der Waals surface area contributed by atoms with E-state index >= 15 is 0 Å². The molecule has 0 spiro atoms. The summed E-state index contributed by atoms with van der Waals surface area (Å²) in [5, 5.41) is 18.6. The van der Waals surface area contributed by atoms with Gasteiger partial charge < -0.3 is 10.2 Å². The first-order valence-electron chi connectivity index (χ1n) is 2.72. The normalized spacial score (nSPS) is 10.4. The fourth-order valence-electron chi connectivity index (χ4n) is 0.328. The summed E-state index contributed by atoms with van der Waals surface area (Å²) in [6.45, 7) is 1.05. The van der Waals surface area contributed by atoms with Gasteiger partial charge in [-0.05, 0) is 6.92 Å². The second-order valence-corrected chi connectivity index (χ2v) is 1.83. The minimum atomic E-state index is -1.06. The molecule has 0 heterocycles. The third kappa shape index (κ3) is 10.9. The van der Waals surface area contributed by atoms with Crippen LogP contribution in [0.1, 0.15) is 6.92 Å². The SMILES string of the molecule is CC(NCC(=O)O)C(=O)O.[Na].[Na].